The van der Waals surface area contributed by atoms with E-state index in [0.29, 0.717) is 27.1 Å². The highest BCUT2D eigenvalue weighted by Crippen LogP contribution is 2.35. The van der Waals surface area contributed by atoms with Crippen molar-refractivity contribution in [1.82, 2.24) is 9.13 Å². The van der Waals surface area contributed by atoms with Crippen LogP contribution in [0, 0.1) is 0 Å². The number of esters is 1. The van der Waals surface area contributed by atoms with E-state index in [-0.39, 0.29) is 12.2 Å². The molecule has 0 fully saturated rings. The number of carbonyl (C=O) groups is 1. The van der Waals surface area contributed by atoms with Crippen molar-refractivity contribution in [2.45, 2.75) is 24.4 Å². The zero-order valence-corrected chi connectivity index (χ0v) is 25.0. The molecule has 8 heteroatoms. The van der Waals surface area contributed by atoms with Crippen LogP contribution in [0.25, 0.3) is 22.7 Å². The Morgan fingerprint density at radius 3 is 2.52 bits per heavy atom. The van der Waals surface area contributed by atoms with Crippen LogP contribution in [-0.2, 0) is 16.1 Å². The largest absolute Gasteiger partial charge is 0.463 e. The van der Waals surface area contributed by atoms with Crippen molar-refractivity contribution in [3.63, 3.8) is 0 Å². The molecule has 0 saturated carbocycles. The fraction of sp³-hybridized carbons (Fsp3) is 0.147. The van der Waals surface area contributed by atoms with Crippen LogP contribution in [0.15, 0.2) is 118 Å². The van der Waals surface area contributed by atoms with E-state index in [1.165, 1.54) is 11.3 Å². The van der Waals surface area contributed by atoms with Gasteiger partial charge in [-0.1, -0.05) is 78.1 Å². The zero-order valence-electron chi connectivity index (χ0n) is 23.3. The summed E-state index contributed by atoms with van der Waals surface area (Å²) in [6, 6.07) is 25.0. The molecule has 42 heavy (non-hydrogen) atoms. The number of hydrogen-bond donors (Lipinski definition) is 0. The summed E-state index contributed by atoms with van der Waals surface area (Å²) in [6.45, 7) is 6.54. The minimum absolute atomic E-state index is 0.202. The van der Waals surface area contributed by atoms with Gasteiger partial charge in [0.25, 0.3) is 5.56 Å². The number of carbonyl (C=O) groups excluding carboxylic acids is 1. The van der Waals surface area contributed by atoms with Crippen LogP contribution in [-0.4, -0.2) is 28.0 Å². The Kier molecular flexibility index (Phi) is 7.82. The summed E-state index contributed by atoms with van der Waals surface area (Å²) in [4.78, 5) is 34.5. The molecule has 1 aliphatic rings. The van der Waals surface area contributed by atoms with Gasteiger partial charge in [-0.25, -0.2) is 9.79 Å². The molecule has 3 aromatic carbocycles. The van der Waals surface area contributed by atoms with Crippen LogP contribution in [0.2, 0.25) is 0 Å². The average molecular weight is 592 g/mol. The number of rotatable bonds is 8. The first-order valence-electron chi connectivity index (χ1n) is 13.6. The highest BCUT2D eigenvalue weighted by Gasteiger charge is 2.35. The number of fused-ring (bicyclic) bond motifs is 2. The normalized spacial score (nSPS) is 15.0. The first-order valence-corrected chi connectivity index (χ1v) is 15.7. The first-order chi connectivity index (χ1) is 20.5. The highest BCUT2D eigenvalue weighted by atomic mass is 32.2. The quantitative estimate of drug-likeness (QED) is 0.130. The fourth-order valence-corrected chi connectivity index (χ4v) is 6.76. The van der Waals surface area contributed by atoms with Crippen molar-refractivity contribution in [1.29, 1.82) is 0 Å². The maximum atomic E-state index is 14.2. The lowest BCUT2D eigenvalue weighted by Gasteiger charge is -2.26. The number of thioether (sulfide) groups is 1. The number of thiazole rings is 1. The van der Waals surface area contributed by atoms with Crippen molar-refractivity contribution in [3.8, 4) is 0 Å². The second kappa shape index (κ2) is 11.8. The molecule has 0 N–H and O–H groups in total. The molecule has 0 spiro atoms. The molecule has 0 aliphatic carbocycles. The minimum Gasteiger partial charge on any atom is -0.463 e. The van der Waals surface area contributed by atoms with Crippen LogP contribution in [0.4, 0.5) is 0 Å². The third-order valence-corrected chi connectivity index (χ3v) is 8.96. The Hall–Kier alpha value is -4.40. The third-order valence-electron chi connectivity index (χ3n) is 7.24. The Morgan fingerprint density at radius 2 is 1.81 bits per heavy atom. The second-order valence-electron chi connectivity index (χ2n) is 9.75. The van der Waals surface area contributed by atoms with Gasteiger partial charge in [-0.2, -0.15) is 0 Å². The van der Waals surface area contributed by atoms with Gasteiger partial charge in [0.05, 0.1) is 28.5 Å². The van der Waals surface area contributed by atoms with E-state index in [0.717, 1.165) is 32.5 Å². The molecule has 210 valence electrons. The summed E-state index contributed by atoms with van der Waals surface area (Å²) in [5, 5.41) is 1.05. The topological polar surface area (TPSA) is 65.6 Å². The predicted octanol–water partition coefficient (Wildman–Crippen LogP) is 5.80. The lowest BCUT2D eigenvalue weighted by molar-refractivity contribution is -0.138. The van der Waals surface area contributed by atoms with Crippen molar-refractivity contribution in [2.75, 3.05) is 12.9 Å². The molecule has 3 heterocycles. The number of para-hydroxylation sites is 1. The summed E-state index contributed by atoms with van der Waals surface area (Å²) in [7, 11) is 0. The fourth-order valence-electron chi connectivity index (χ4n) is 5.36. The summed E-state index contributed by atoms with van der Waals surface area (Å²) in [5.74, 6) is -0.485. The lowest BCUT2D eigenvalue weighted by atomic mass is 9.93. The van der Waals surface area contributed by atoms with E-state index >= 15 is 0 Å². The maximum absolute atomic E-state index is 14.2. The van der Waals surface area contributed by atoms with Gasteiger partial charge in [0.1, 0.15) is 0 Å². The molecule has 0 bridgehead atoms. The molecule has 1 atom stereocenters. The highest BCUT2D eigenvalue weighted by molar-refractivity contribution is 7.98. The SMILES string of the molecule is C=CCn1cc(/C=c2/sc3n(c2=O)C(c2ccc(SC)cc2)C(C(=O)OCC)=C(c2ccccc2)N=3)c2ccccc21. The molecule has 5 aromatic rings. The molecule has 2 aromatic heterocycles. The number of nitrogens with zero attached hydrogens (tertiary/aromatic N) is 3. The summed E-state index contributed by atoms with van der Waals surface area (Å²) in [5.41, 5.74) is 4.27. The van der Waals surface area contributed by atoms with E-state index in [4.69, 9.17) is 9.73 Å². The number of benzene rings is 3. The Labute approximate surface area is 251 Å². The maximum Gasteiger partial charge on any atom is 0.338 e. The molecule has 0 saturated heterocycles. The van der Waals surface area contributed by atoms with Gasteiger partial charge < -0.3 is 9.30 Å². The van der Waals surface area contributed by atoms with Gasteiger partial charge in [-0.15, -0.1) is 18.3 Å². The molecular weight excluding hydrogens is 563 g/mol. The van der Waals surface area contributed by atoms with Crippen molar-refractivity contribution in [3.05, 3.63) is 140 Å². The van der Waals surface area contributed by atoms with E-state index in [1.54, 1.807) is 23.3 Å². The summed E-state index contributed by atoms with van der Waals surface area (Å²) < 4.78 is 9.87. The van der Waals surface area contributed by atoms with E-state index in [2.05, 4.69) is 23.3 Å². The number of ether oxygens (including phenoxy) is 1. The van der Waals surface area contributed by atoms with Crippen molar-refractivity contribution < 1.29 is 9.53 Å². The average Bonchev–Trinajstić information content (AvgIpc) is 3.53. The monoisotopic (exact) mass is 591 g/mol. The molecule has 0 radical (unpaired) electrons. The van der Waals surface area contributed by atoms with Gasteiger partial charge in [0.2, 0.25) is 0 Å². The molecular formula is C34H29N3O3S2. The van der Waals surface area contributed by atoms with Crippen molar-refractivity contribution >= 4 is 51.7 Å². The number of hydrogen-bond acceptors (Lipinski definition) is 6. The Morgan fingerprint density at radius 1 is 1.07 bits per heavy atom. The van der Waals surface area contributed by atoms with E-state index in [9.17, 15) is 9.59 Å². The molecule has 0 amide bonds. The predicted molar refractivity (Wildman–Crippen MR) is 171 cm³/mol. The minimum atomic E-state index is -0.698. The first kappa shape index (κ1) is 27.8. The smallest absolute Gasteiger partial charge is 0.338 e. The van der Waals surface area contributed by atoms with Gasteiger partial charge in [-0.3, -0.25) is 9.36 Å². The van der Waals surface area contributed by atoms with Crippen LogP contribution >= 0.6 is 23.1 Å². The van der Waals surface area contributed by atoms with Gasteiger partial charge in [0.15, 0.2) is 4.80 Å². The zero-order chi connectivity index (χ0) is 29.2. The van der Waals surface area contributed by atoms with Crippen LogP contribution in [0.1, 0.15) is 29.7 Å². The number of aromatic nitrogens is 2. The molecule has 1 unspecified atom stereocenters. The Bertz CT molecular complexity index is 2020. The molecule has 1 aliphatic heterocycles. The van der Waals surface area contributed by atoms with Crippen LogP contribution in [0.3, 0.4) is 0 Å². The molecule has 6 rings (SSSR count). The lowest BCUT2D eigenvalue weighted by Crippen LogP contribution is -2.40. The number of allylic oxidation sites excluding steroid dienone is 1. The van der Waals surface area contributed by atoms with E-state index in [1.807, 2.05) is 91.3 Å². The second-order valence-corrected chi connectivity index (χ2v) is 11.6. The van der Waals surface area contributed by atoms with E-state index < -0.39 is 12.0 Å². The van der Waals surface area contributed by atoms with Gasteiger partial charge in [-0.05, 0) is 43.0 Å². The standard InChI is InChI=1S/C34H29N3O3S2/c1-4-19-36-21-24(26-13-9-10-14-27(26)36)20-28-32(38)37-31(23-15-17-25(41-3)18-16-23)29(33(39)40-5-2)30(35-34(37)42-28)22-11-7-6-8-12-22/h4,6-18,20-21,31H,1,5,19H2,2-3H3/b28-20+. The van der Waals surface area contributed by atoms with Crippen molar-refractivity contribution in [2.24, 2.45) is 4.99 Å². The summed E-state index contributed by atoms with van der Waals surface area (Å²) in [6.07, 6.45) is 7.84. The van der Waals surface area contributed by atoms with Crippen LogP contribution < -0.4 is 14.9 Å². The third kappa shape index (κ3) is 4.97. The van der Waals surface area contributed by atoms with Gasteiger partial charge in [0, 0.05) is 39.7 Å². The summed E-state index contributed by atoms with van der Waals surface area (Å²) >= 11 is 2.96. The molecule has 6 nitrogen and oxygen atoms in total. The van der Waals surface area contributed by atoms with Crippen LogP contribution in [0.5, 0.6) is 0 Å². The Balaban J connectivity index is 1.64. The van der Waals surface area contributed by atoms with Gasteiger partial charge >= 0.3 is 5.97 Å².